The van der Waals surface area contributed by atoms with E-state index in [1.807, 2.05) is 29.8 Å². The number of imidazole rings is 1. The number of carbonyl (C=O) groups excluding carboxylic acids is 1. The van der Waals surface area contributed by atoms with Crippen LogP contribution in [0.15, 0.2) is 67.2 Å². The van der Waals surface area contributed by atoms with Gasteiger partial charge in [0.1, 0.15) is 11.6 Å². The predicted molar refractivity (Wildman–Crippen MR) is 105 cm³/mol. The predicted octanol–water partition coefficient (Wildman–Crippen LogP) is 3.90. The van der Waals surface area contributed by atoms with Crippen LogP contribution in [0.1, 0.15) is 20.0 Å². The molecule has 1 N–H and O–H groups in total. The molecule has 0 fully saturated rings. The fraction of sp³-hybridized carbons (Fsp3) is 0.0952. The first-order valence-corrected chi connectivity index (χ1v) is 7.93. The van der Waals surface area contributed by atoms with Crippen LogP contribution in [0.4, 0.5) is 5.82 Å². The van der Waals surface area contributed by atoms with Gasteiger partial charge >= 0.3 is 0 Å². The normalized spacial score (nSPS) is 14.9. The van der Waals surface area contributed by atoms with Gasteiger partial charge in [-0.2, -0.15) is 0 Å². The Balaban J connectivity index is 1.68. The summed E-state index contributed by atoms with van der Waals surface area (Å²) in [4.78, 5) is 21.2. The van der Waals surface area contributed by atoms with E-state index in [9.17, 15) is 4.79 Å². The molecule has 4 aromatic rings. The highest BCUT2D eigenvalue weighted by molar-refractivity contribution is 6.04. The Kier molecular flexibility index (Phi) is 2.68. The number of amides is 1. The average Bonchev–Trinajstić information content (AvgIpc) is 3.20. The molecular formula is C21H18N4O2. The van der Waals surface area contributed by atoms with Gasteiger partial charge in [0.25, 0.3) is 5.91 Å². The molecule has 6 nitrogen and oxygen atoms in total. The van der Waals surface area contributed by atoms with Crippen molar-refractivity contribution in [1.82, 2.24) is 14.5 Å². The minimum Gasteiger partial charge on any atom is -0.497 e. The van der Waals surface area contributed by atoms with Crippen molar-refractivity contribution in [3.8, 4) is 17.0 Å². The Labute approximate surface area is 166 Å². The van der Waals surface area contributed by atoms with E-state index in [0.29, 0.717) is 0 Å². The number of hydrogen-bond acceptors (Lipinski definition) is 4. The quantitative estimate of drug-likeness (QED) is 0.596. The van der Waals surface area contributed by atoms with Crippen molar-refractivity contribution < 1.29 is 19.1 Å². The van der Waals surface area contributed by atoms with Crippen LogP contribution in [0.2, 0.25) is 0 Å². The van der Waals surface area contributed by atoms with Crippen molar-refractivity contribution in [2.45, 2.75) is 0 Å². The van der Waals surface area contributed by atoms with E-state index >= 15 is 0 Å². The summed E-state index contributed by atoms with van der Waals surface area (Å²) in [5.74, 6) is -1.54. The number of carbonyl (C=O) groups is 1. The summed E-state index contributed by atoms with van der Waals surface area (Å²) in [7, 11) is -1.10. The molecule has 27 heavy (non-hydrogen) atoms. The van der Waals surface area contributed by atoms with Crippen molar-refractivity contribution in [1.29, 1.82) is 0 Å². The smallest absolute Gasteiger partial charge is 0.256 e. The van der Waals surface area contributed by atoms with Gasteiger partial charge in [0.05, 0.1) is 34.9 Å². The van der Waals surface area contributed by atoms with Gasteiger partial charge in [-0.15, -0.1) is 0 Å². The Bertz CT molecular complexity index is 1400. The highest BCUT2D eigenvalue weighted by Gasteiger charge is 2.09. The monoisotopic (exact) mass is 365 g/mol. The summed E-state index contributed by atoms with van der Waals surface area (Å²) in [5.41, 5.74) is 1.24. The maximum absolute atomic E-state index is 12.9. The first kappa shape index (κ1) is 10.5. The zero-order valence-corrected chi connectivity index (χ0v) is 14.2. The summed E-state index contributed by atoms with van der Waals surface area (Å²) in [6.45, 7) is 0. The van der Waals surface area contributed by atoms with Gasteiger partial charge in [-0.3, -0.25) is 4.79 Å². The molecule has 2 heterocycles. The molecular weight excluding hydrogens is 340 g/mol. The molecule has 0 unspecified atom stereocenters. The molecule has 0 bridgehead atoms. The van der Waals surface area contributed by atoms with Crippen molar-refractivity contribution in [3.05, 3.63) is 72.7 Å². The fourth-order valence-electron chi connectivity index (χ4n) is 2.65. The molecule has 0 aliphatic rings. The number of fused-ring (bicyclic) bond motifs is 1. The third-order valence-electron chi connectivity index (χ3n) is 4.01. The number of ether oxygens (including phenoxy) is 1. The minimum atomic E-state index is -2.97. The molecule has 0 spiro atoms. The van der Waals surface area contributed by atoms with Crippen LogP contribution in [-0.4, -0.2) is 27.5 Å². The van der Waals surface area contributed by atoms with Crippen LogP contribution in [0.25, 0.3) is 22.0 Å². The lowest BCUT2D eigenvalue weighted by atomic mass is 10.1. The highest BCUT2D eigenvalue weighted by Crippen LogP contribution is 2.25. The number of aromatic nitrogens is 3. The second kappa shape index (κ2) is 6.92. The van der Waals surface area contributed by atoms with Gasteiger partial charge in [0.15, 0.2) is 0 Å². The van der Waals surface area contributed by atoms with Crippen LogP contribution in [0, 0.1) is 0 Å². The zero-order chi connectivity index (χ0) is 24.8. The first-order chi connectivity index (χ1) is 16.0. The number of aryl methyl sites for hydroxylation is 1. The molecule has 0 aliphatic heterocycles. The molecule has 1 amide bonds. The molecule has 0 saturated heterocycles. The van der Waals surface area contributed by atoms with Gasteiger partial charge < -0.3 is 14.6 Å². The summed E-state index contributed by atoms with van der Waals surface area (Å²) in [6, 6.07) is 4.34. The zero-order valence-electron chi connectivity index (χ0n) is 21.2. The first-order valence-electron chi connectivity index (χ1n) is 11.4. The SMILES string of the molecule is [2H]c1c([2H])c(C(=O)Nc2cc3cc(-c4cncn4C)ccc3cn2)c([2H])c([2H])c1OC([2H])([2H])[2H]. The van der Waals surface area contributed by atoms with Crippen molar-refractivity contribution >= 4 is 22.5 Å². The Hall–Kier alpha value is -3.67. The fourth-order valence-corrected chi connectivity index (χ4v) is 2.65. The van der Waals surface area contributed by atoms with Crippen LogP contribution in [-0.2, 0) is 7.05 Å². The van der Waals surface area contributed by atoms with Crippen molar-refractivity contribution in [2.75, 3.05) is 12.4 Å². The maximum atomic E-state index is 12.9. The Morgan fingerprint density at radius 2 is 2.04 bits per heavy atom. The lowest BCUT2D eigenvalue weighted by Crippen LogP contribution is -2.12. The van der Waals surface area contributed by atoms with Crippen molar-refractivity contribution in [3.63, 3.8) is 0 Å². The Morgan fingerprint density at radius 3 is 2.78 bits per heavy atom. The van der Waals surface area contributed by atoms with E-state index < -0.39 is 48.4 Å². The third kappa shape index (κ3) is 3.37. The number of nitrogens with one attached hydrogen (secondary N) is 1. The molecule has 0 aliphatic carbocycles. The largest absolute Gasteiger partial charge is 0.497 e. The minimum absolute atomic E-state index is 0.138. The molecule has 0 saturated carbocycles. The number of methoxy groups -OCH3 is 1. The molecule has 4 rings (SSSR count). The van der Waals surface area contributed by atoms with E-state index in [2.05, 4.69) is 20.0 Å². The summed E-state index contributed by atoms with van der Waals surface area (Å²) >= 11 is 0. The number of hydrogen-bond donors (Lipinski definition) is 1. The standard InChI is InChI=1S/C21H18N4O2/c1-25-13-22-12-19(25)15-3-4-16-11-23-20(10-17(16)9-15)24-21(26)14-5-7-18(27-2)8-6-14/h3-13H,1-2H3,(H,23,24,26)/i2D3,5D,6D,7D,8D. The van der Waals surface area contributed by atoms with Crippen LogP contribution in [0.3, 0.4) is 0 Å². The van der Waals surface area contributed by atoms with E-state index in [1.165, 1.54) is 0 Å². The topological polar surface area (TPSA) is 69.0 Å². The number of anilines is 1. The van der Waals surface area contributed by atoms with Gasteiger partial charge in [0, 0.05) is 29.8 Å². The van der Waals surface area contributed by atoms with Gasteiger partial charge in [-0.05, 0) is 41.7 Å². The summed E-state index contributed by atoms with van der Waals surface area (Å²) in [6.07, 6.45) is 4.97. The number of rotatable bonds is 4. The lowest BCUT2D eigenvalue weighted by Gasteiger charge is -2.08. The van der Waals surface area contributed by atoms with Gasteiger partial charge in [0.2, 0.25) is 0 Å². The number of nitrogens with zero attached hydrogens (tertiary/aromatic N) is 3. The van der Waals surface area contributed by atoms with E-state index in [1.54, 1.807) is 24.8 Å². The molecule has 0 atom stereocenters. The maximum Gasteiger partial charge on any atom is 0.256 e. The van der Waals surface area contributed by atoms with Crippen molar-refractivity contribution in [2.24, 2.45) is 7.05 Å². The van der Waals surface area contributed by atoms with Crippen LogP contribution >= 0.6 is 0 Å². The van der Waals surface area contributed by atoms with E-state index in [0.717, 1.165) is 22.0 Å². The molecule has 2 aromatic carbocycles. The average molecular weight is 365 g/mol. The Morgan fingerprint density at radius 1 is 1.19 bits per heavy atom. The van der Waals surface area contributed by atoms with Gasteiger partial charge in [-0.25, -0.2) is 9.97 Å². The van der Waals surface area contributed by atoms with Crippen LogP contribution in [0.5, 0.6) is 5.75 Å². The van der Waals surface area contributed by atoms with Gasteiger partial charge in [-0.1, -0.05) is 12.1 Å². The molecule has 134 valence electrons. The second-order valence-corrected chi connectivity index (χ2v) is 5.78. The van der Waals surface area contributed by atoms with Crippen LogP contribution < -0.4 is 10.1 Å². The molecule has 2 aromatic heterocycles. The second-order valence-electron chi connectivity index (χ2n) is 5.78. The number of pyridine rings is 1. The summed E-state index contributed by atoms with van der Waals surface area (Å²) < 4.78 is 60.1. The highest BCUT2D eigenvalue weighted by atomic mass is 16.5. The molecule has 0 radical (unpaired) electrons. The summed E-state index contributed by atoms with van der Waals surface area (Å²) in [5, 5.41) is 4.08. The van der Waals surface area contributed by atoms with E-state index in [-0.39, 0.29) is 5.82 Å². The molecule has 6 heteroatoms. The lowest BCUT2D eigenvalue weighted by molar-refractivity contribution is 0.102. The van der Waals surface area contributed by atoms with E-state index in [4.69, 9.17) is 9.60 Å². The number of benzene rings is 2. The third-order valence-corrected chi connectivity index (χ3v) is 4.01.